The van der Waals surface area contributed by atoms with Crippen LogP contribution in [0.25, 0.3) is 0 Å². The first-order valence-electron chi connectivity index (χ1n) is 3.46. The zero-order valence-corrected chi connectivity index (χ0v) is 6.31. The quantitative estimate of drug-likeness (QED) is 0.554. The first-order chi connectivity index (χ1) is 4.69. The van der Waals surface area contributed by atoms with E-state index in [2.05, 4.69) is 5.32 Å². The predicted octanol–water partition coefficient (Wildman–Crippen LogP) is -0.137. The van der Waals surface area contributed by atoms with Gasteiger partial charge < -0.3 is 10.1 Å². The molecule has 0 saturated carbocycles. The Morgan fingerprint density at radius 1 is 1.80 bits per heavy atom. The summed E-state index contributed by atoms with van der Waals surface area (Å²) in [6, 6.07) is 0.0683. The molecule has 1 aliphatic rings. The number of nitrogens with one attached hydrogen (secondary N) is 1. The highest BCUT2D eigenvalue weighted by atomic mass is 16.5. The third-order valence-corrected chi connectivity index (χ3v) is 1.98. The van der Waals surface area contributed by atoms with Gasteiger partial charge in [-0.2, -0.15) is 0 Å². The Kier molecular flexibility index (Phi) is 2.06. The highest BCUT2D eigenvalue weighted by molar-refractivity contribution is 5.64. The minimum atomic E-state index is -0.738. The summed E-state index contributed by atoms with van der Waals surface area (Å²) < 4.78 is 5.24. The summed E-state index contributed by atoms with van der Waals surface area (Å²) in [6.45, 7) is 5.08. The Morgan fingerprint density at radius 3 is 2.90 bits per heavy atom. The predicted molar refractivity (Wildman–Crippen MR) is 37.5 cm³/mol. The second-order valence-electron chi connectivity index (χ2n) is 2.73. The molecule has 1 aliphatic heterocycles. The molecule has 10 heavy (non-hydrogen) atoms. The van der Waals surface area contributed by atoms with E-state index in [-0.39, 0.29) is 6.04 Å². The third-order valence-electron chi connectivity index (χ3n) is 1.98. The molecule has 0 spiro atoms. The molecule has 0 bridgehead atoms. The monoisotopic (exact) mass is 142 g/mol. The van der Waals surface area contributed by atoms with Crippen molar-refractivity contribution in [2.24, 2.45) is 0 Å². The van der Waals surface area contributed by atoms with Crippen LogP contribution in [0.15, 0.2) is 0 Å². The van der Waals surface area contributed by atoms with E-state index in [0.29, 0.717) is 6.61 Å². The van der Waals surface area contributed by atoms with Gasteiger partial charge >= 0.3 is 0 Å². The lowest BCUT2D eigenvalue weighted by molar-refractivity contribution is -0.0312. The van der Waals surface area contributed by atoms with E-state index in [4.69, 9.17) is 4.74 Å². The van der Waals surface area contributed by atoms with Gasteiger partial charge in [-0.1, -0.05) is 0 Å². The summed E-state index contributed by atoms with van der Waals surface area (Å²) >= 11 is 0. The molecular weight excluding hydrogens is 130 g/mol. The smallest absolute Gasteiger partial charge is 0.234 e. The first-order valence-corrected chi connectivity index (χ1v) is 3.46. The second-order valence-corrected chi connectivity index (χ2v) is 2.73. The van der Waals surface area contributed by atoms with Gasteiger partial charge in [0.1, 0.15) is 5.60 Å². The molecule has 0 aromatic rings. The fourth-order valence-electron chi connectivity index (χ4n) is 0.976. The normalized spacial score (nSPS) is 41.2. The molecular formula is C7H12NO2. The van der Waals surface area contributed by atoms with Gasteiger partial charge in [-0.25, -0.2) is 0 Å². The minimum absolute atomic E-state index is 0.0683. The van der Waals surface area contributed by atoms with Crippen molar-refractivity contribution in [2.45, 2.75) is 25.5 Å². The highest BCUT2D eigenvalue weighted by Crippen LogP contribution is 2.15. The zero-order chi connectivity index (χ0) is 7.61. The lowest BCUT2D eigenvalue weighted by Gasteiger charge is -2.34. The van der Waals surface area contributed by atoms with Gasteiger partial charge in [-0.15, -0.1) is 0 Å². The van der Waals surface area contributed by atoms with Crippen LogP contribution in [0, 0.1) is 0 Å². The van der Waals surface area contributed by atoms with Crippen molar-refractivity contribution in [1.29, 1.82) is 0 Å². The van der Waals surface area contributed by atoms with Gasteiger partial charge in [-0.05, 0) is 13.8 Å². The van der Waals surface area contributed by atoms with Crippen LogP contribution in [0.2, 0.25) is 0 Å². The van der Waals surface area contributed by atoms with Crippen LogP contribution in [0.4, 0.5) is 0 Å². The molecule has 3 heteroatoms. The van der Waals surface area contributed by atoms with Gasteiger partial charge in [0.05, 0.1) is 6.61 Å². The van der Waals surface area contributed by atoms with Crippen molar-refractivity contribution in [3.05, 3.63) is 0 Å². The van der Waals surface area contributed by atoms with E-state index in [0.717, 1.165) is 6.54 Å². The van der Waals surface area contributed by atoms with E-state index >= 15 is 0 Å². The van der Waals surface area contributed by atoms with Crippen molar-refractivity contribution in [3.63, 3.8) is 0 Å². The Labute approximate surface area is 60.7 Å². The molecule has 1 saturated heterocycles. The molecule has 1 fully saturated rings. The van der Waals surface area contributed by atoms with Crippen LogP contribution in [0.5, 0.6) is 0 Å². The molecule has 0 amide bonds. The van der Waals surface area contributed by atoms with E-state index in [1.54, 1.807) is 6.92 Å². The summed E-state index contributed by atoms with van der Waals surface area (Å²) in [6.07, 6.45) is 1.90. The summed E-state index contributed by atoms with van der Waals surface area (Å²) in [4.78, 5) is 10.4. The molecule has 1 radical (unpaired) electrons. The fraction of sp³-hybridized carbons (Fsp3) is 0.857. The van der Waals surface area contributed by atoms with E-state index in [1.165, 1.54) is 0 Å². The van der Waals surface area contributed by atoms with Crippen LogP contribution in [-0.4, -0.2) is 31.1 Å². The molecule has 1 heterocycles. The van der Waals surface area contributed by atoms with Crippen molar-refractivity contribution in [1.82, 2.24) is 5.32 Å². The largest absolute Gasteiger partial charge is 0.364 e. The number of rotatable bonds is 1. The van der Waals surface area contributed by atoms with Crippen LogP contribution < -0.4 is 5.32 Å². The molecule has 57 valence electrons. The topological polar surface area (TPSA) is 38.3 Å². The highest BCUT2D eigenvalue weighted by Gasteiger charge is 2.35. The number of carbonyl (C=O) groups excluding carboxylic acids is 1. The Bertz CT molecular complexity index is 138. The van der Waals surface area contributed by atoms with Gasteiger partial charge in [-0.3, -0.25) is 4.79 Å². The third kappa shape index (κ3) is 1.20. The minimum Gasteiger partial charge on any atom is -0.364 e. The number of ether oxygens (including phenoxy) is 1. The molecule has 0 aliphatic carbocycles. The zero-order valence-electron chi connectivity index (χ0n) is 6.31. The van der Waals surface area contributed by atoms with E-state index < -0.39 is 5.60 Å². The number of morpholine rings is 1. The van der Waals surface area contributed by atoms with Crippen LogP contribution in [0.1, 0.15) is 13.8 Å². The SMILES string of the molecule is CC1NCCOC1(C)[C]=O. The van der Waals surface area contributed by atoms with Crippen LogP contribution in [0.3, 0.4) is 0 Å². The molecule has 0 aromatic heterocycles. The van der Waals surface area contributed by atoms with E-state index in [9.17, 15) is 4.79 Å². The summed E-state index contributed by atoms with van der Waals surface area (Å²) in [5.41, 5.74) is -0.738. The lowest BCUT2D eigenvalue weighted by Crippen LogP contribution is -2.55. The molecule has 1 N–H and O–H groups in total. The molecule has 0 aromatic carbocycles. The molecule has 2 unspecified atom stereocenters. The van der Waals surface area contributed by atoms with Gasteiger partial charge in [0, 0.05) is 12.6 Å². The number of hydrogen-bond acceptors (Lipinski definition) is 3. The van der Waals surface area contributed by atoms with Crippen molar-refractivity contribution >= 4 is 6.29 Å². The van der Waals surface area contributed by atoms with Gasteiger partial charge in [0.2, 0.25) is 6.29 Å². The standard InChI is InChI=1S/C7H12NO2/c1-6-7(2,5-9)10-4-3-8-6/h6,8H,3-4H2,1-2H3. The Morgan fingerprint density at radius 2 is 2.50 bits per heavy atom. The van der Waals surface area contributed by atoms with Crippen LogP contribution >= 0.6 is 0 Å². The average Bonchev–Trinajstić information content (AvgIpc) is 1.96. The maximum Gasteiger partial charge on any atom is 0.234 e. The molecule has 2 atom stereocenters. The summed E-state index contributed by atoms with van der Waals surface area (Å²) in [5, 5.41) is 3.14. The maximum atomic E-state index is 10.4. The Balaban J connectivity index is 2.62. The summed E-state index contributed by atoms with van der Waals surface area (Å²) in [7, 11) is 0. The van der Waals surface area contributed by atoms with Crippen molar-refractivity contribution in [2.75, 3.05) is 13.2 Å². The Hall–Kier alpha value is -0.410. The van der Waals surface area contributed by atoms with Crippen molar-refractivity contribution in [3.8, 4) is 0 Å². The van der Waals surface area contributed by atoms with Crippen molar-refractivity contribution < 1.29 is 9.53 Å². The second kappa shape index (κ2) is 2.68. The molecule has 1 rings (SSSR count). The van der Waals surface area contributed by atoms with Gasteiger partial charge in [0.25, 0.3) is 0 Å². The van der Waals surface area contributed by atoms with Crippen LogP contribution in [-0.2, 0) is 9.53 Å². The van der Waals surface area contributed by atoms with E-state index in [1.807, 2.05) is 13.2 Å². The lowest BCUT2D eigenvalue weighted by atomic mass is 9.98. The molecule has 3 nitrogen and oxygen atoms in total. The fourth-order valence-corrected chi connectivity index (χ4v) is 0.976. The first kappa shape index (κ1) is 7.69. The van der Waals surface area contributed by atoms with Gasteiger partial charge in [0.15, 0.2) is 0 Å². The maximum absolute atomic E-state index is 10.4. The number of hydrogen-bond donors (Lipinski definition) is 1. The average molecular weight is 142 g/mol. The summed E-state index contributed by atoms with van der Waals surface area (Å²) in [5.74, 6) is 0.